The predicted molar refractivity (Wildman–Crippen MR) is 39.8 cm³/mol. The Kier molecular flexibility index (Phi) is 2.26. The second-order valence-corrected chi connectivity index (χ2v) is 4.28. The molecule has 0 aliphatic carbocycles. The average molecular weight is 204 g/mol. The molecule has 0 radical (unpaired) electrons. The van der Waals surface area contributed by atoms with E-state index in [2.05, 4.69) is 10.2 Å². The molecule has 1 aromatic rings. The van der Waals surface area contributed by atoms with Gasteiger partial charge in [0.15, 0.2) is 0 Å². The third-order valence-electron chi connectivity index (χ3n) is 1.04. The summed E-state index contributed by atoms with van der Waals surface area (Å²) in [6.45, 7) is 0. The van der Waals surface area contributed by atoms with Gasteiger partial charge in [-0.25, -0.2) is 8.42 Å². The van der Waals surface area contributed by atoms with Crippen molar-refractivity contribution in [2.75, 3.05) is 0 Å². The Morgan fingerprint density at radius 1 is 1.58 bits per heavy atom. The van der Waals surface area contributed by atoms with E-state index in [0.29, 0.717) is 0 Å². The van der Waals surface area contributed by atoms with E-state index in [1.54, 1.807) is 6.07 Å². The number of hydrogen-bond donors (Lipinski definition) is 0. The lowest BCUT2D eigenvalue weighted by molar-refractivity contribution is 0.603. The number of aromatic nitrogens is 2. The Morgan fingerprint density at radius 3 is 2.67 bits per heavy atom. The molecule has 0 saturated heterocycles. The monoisotopic (exact) mass is 203 g/mol. The van der Waals surface area contributed by atoms with Crippen LogP contribution in [0.15, 0.2) is 17.3 Å². The van der Waals surface area contributed by atoms with Crippen LogP contribution in [-0.2, 0) is 9.05 Å². The Labute approximate surface area is 73.0 Å². The zero-order valence-electron chi connectivity index (χ0n) is 5.60. The maximum absolute atomic E-state index is 10.7. The smallest absolute Gasteiger partial charge is 0.205 e. The molecule has 5 nitrogen and oxygen atoms in total. The van der Waals surface area contributed by atoms with Crippen molar-refractivity contribution < 1.29 is 8.42 Å². The maximum atomic E-state index is 10.7. The lowest BCUT2D eigenvalue weighted by atomic mass is 10.3. The van der Waals surface area contributed by atoms with Crippen LogP contribution in [0, 0.1) is 11.3 Å². The number of hydrogen-bond acceptors (Lipinski definition) is 5. The summed E-state index contributed by atoms with van der Waals surface area (Å²) in [5.41, 5.74) is -0.111. The number of nitriles is 1. The van der Waals surface area contributed by atoms with E-state index in [9.17, 15) is 8.42 Å². The fraction of sp³-hybridized carbons (Fsp3) is 0. The highest BCUT2D eigenvalue weighted by molar-refractivity contribution is 8.13. The molecule has 0 fully saturated rings. The molecular formula is C5H2ClN3O2S. The van der Waals surface area contributed by atoms with Crippen LogP contribution in [0.25, 0.3) is 0 Å². The fourth-order valence-electron chi connectivity index (χ4n) is 0.584. The van der Waals surface area contributed by atoms with Crippen LogP contribution in [-0.4, -0.2) is 18.6 Å². The van der Waals surface area contributed by atoms with Gasteiger partial charge in [0, 0.05) is 10.7 Å². The predicted octanol–water partition coefficient (Wildman–Crippen LogP) is 0.276. The van der Waals surface area contributed by atoms with Crippen LogP contribution in [0.4, 0.5) is 0 Å². The molecule has 1 rings (SSSR count). The quantitative estimate of drug-likeness (QED) is 0.612. The van der Waals surface area contributed by atoms with Gasteiger partial charge in [-0.15, -0.1) is 5.10 Å². The first-order valence-corrected chi connectivity index (χ1v) is 5.03. The van der Waals surface area contributed by atoms with Crippen molar-refractivity contribution in [3.63, 3.8) is 0 Å². The molecule has 0 aromatic carbocycles. The molecular weight excluding hydrogens is 202 g/mol. The molecule has 0 aliphatic heterocycles. The first-order chi connectivity index (χ1) is 5.55. The van der Waals surface area contributed by atoms with Gasteiger partial charge in [0.25, 0.3) is 9.05 Å². The zero-order chi connectivity index (χ0) is 9.19. The minimum atomic E-state index is -3.97. The molecule has 0 unspecified atom stereocenters. The molecule has 0 bridgehead atoms. The fourth-order valence-corrected chi connectivity index (χ4v) is 1.45. The van der Waals surface area contributed by atoms with E-state index in [-0.39, 0.29) is 5.56 Å². The third-order valence-corrected chi connectivity index (χ3v) is 2.24. The topological polar surface area (TPSA) is 83.7 Å². The van der Waals surface area contributed by atoms with Crippen LogP contribution in [0.2, 0.25) is 0 Å². The Morgan fingerprint density at radius 2 is 2.25 bits per heavy atom. The molecule has 0 atom stereocenters. The highest BCUT2D eigenvalue weighted by Crippen LogP contribution is 2.14. The van der Waals surface area contributed by atoms with Crippen molar-refractivity contribution in [3.8, 4) is 6.07 Å². The second-order valence-electron chi connectivity index (χ2n) is 1.80. The van der Waals surface area contributed by atoms with Crippen LogP contribution in [0.1, 0.15) is 5.56 Å². The van der Waals surface area contributed by atoms with Crippen molar-refractivity contribution in [2.45, 2.75) is 5.03 Å². The van der Waals surface area contributed by atoms with E-state index in [0.717, 1.165) is 0 Å². The summed E-state index contributed by atoms with van der Waals surface area (Å²) in [5.74, 6) is 0. The average Bonchev–Trinajstić information content (AvgIpc) is 2.03. The Bertz CT molecular complexity index is 436. The molecule has 0 N–H and O–H groups in total. The lowest BCUT2D eigenvalue weighted by Crippen LogP contribution is -2.00. The normalized spacial score (nSPS) is 10.7. The van der Waals surface area contributed by atoms with Gasteiger partial charge >= 0.3 is 0 Å². The van der Waals surface area contributed by atoms with Crippen molar-refractivity contribution in [1.29, 1.82) is 5.26 Å². The highest BCUT2D eigenvalue weighted by Gasteiger charge is 2.17. The largest absolute Gasteiger partial charge is 0.281 e. The first-order valence-electron chi connectivity index (χ1n) is 2.72. The van der Waals surface area contributed by atoms with E-state index in [1.807, 2.05) is 0 Å². The van der Waals surface area contributed by atoms with Gasteiger partial charge in [0.05, 0.1) is 11.8 Å². The molecule has 0 amide bonds. The molecule has 12 heavy (non-hydrogen) atoms. The van der Waals surface area contributed by atoms with E-state index in [4.69, 9.17) is 15.9 Å². The summed E-state index contributed by atoms with van der Waals surface area (Å²) in [6, 6.07) is 2.86. The summed E-state index contributed by atoms with van der Waals surface area (Å²) < 4.78 is 21.4. The molecule has 7 heteroatoms. The molecule has 0 aliphatic rings. The van der Waals surface area contributed by atoms with Gasteiger partial charge in [0.1, 0.15) is 6.07 Å². The molecule has 0 saturated carbocycles. The van der Waals surface area contributed by atoms with Crippen molar-refractivity contribution in [3.05, 3.63) is 17.8 Å². The minimum Gasteiger partial charge on any atom is -0.205 e. The number of halogens is 1. The molecule has 62 valence electrons. The van der Waals surface area contributed by atoms with E-state index < -0.39 is 14.1 Å². The molecule has 0 spiro atoms. The van der Waals surface area contributed by atoms with E-state index in [1.165, 1.54) is 12.3 Å². The van der Waals surface area contributed by atoms with Crippen LogP contribution < -0.4 is 0 Å². The van der Waals surface area contributed by atoms with Crippen LogP contribution in [0.5, 0.6) is 0 Å². The van der Waals surface area contributed by atoms with Crippen molar-refractivity contribution in [1.82, 2.24) is 10.2 Å². The van der Waals surface area contributed by atoms with Gasteiger partial charge in [-0.3, -0.25) is 0 Å². The number of nitrogens with zero attached hydrogens (tertiary/aromatic N) is 3. The summed E-state index contributed by atoms with van der Waals surface area (Å²) >= 11 is 0. The Balaban J connectivity index is 3.47. The van der Waals surface area contributed by atoms with Crippen molar-refractivity contribution in [2.24, 2.45) is 0 Å². The lowest BCUT2D eigenvalue weighted by Gasteiger charge is -1.93. The van der Waals surface area contributed by atoms with E-state index >= 15 is 0 Å². The van der Waals surface area contributed by atoms with Gasteiger partial charge in [-0.2, -0.15) is 10.4 Å². The first kappa shape index (κ1) is 8.90. The van der Waals surface area contributed by atoms with Gasteiger partial charge in [0.2, 0.25) is 5.03 Å². The summed E-state index contributed by atoms with van der Waals surface area (Å²) in [7, 11) is 0.992. The van der Waals surface area contributed by atoms with Crippen LogP contribution in [0.3, 0.4) is 0 Å². The summed E-state index contributed by atoms with van der Waals surface area (Å²) in [4.78, 5) is 0. The van der Waals surface area contributed by atoms with Crippen molar-refractivity contribution >= 4 is 19.7 Å². The standard InChI is InChI=1S/C5H2ClN3O2S/c6-12(10,11)5-4(3-7)1-2-8-9-5/h1-2H. The third kappa shape index (κ3) is 1.69. The summed E-state index contributed by atoms with van der Waals surface area (Å²) in [5, 5.41) is 14.5. The maximum Gasteiger partial charge on any atom is 0.281 e. The van der Waals surface area contributed by atoms with Gasteiger partial charge in [-0.05, 0) is 6.07 Å². The summed E-state index contributed by atoms with van der Waals surface area (Å²) in [6.07, 6.45) is 1.21. The number of rotatable bonds is 1. The minimum absolute atomic E-state index is 0.111. The van der Waals surface area contributed by atoms with Gasteiger partial charge in [-0.1, -0.05) is 0 Å². The second kappa shape index (κ2) is 3.05. The SMILES string of the molecule is N#Cc1ccnnc1S(=O)(=O)Cl. The van der Waals surface area contributed by atoms with Gasteiger partial charge < -0.3 is 0 Å². The Hall–Kier alpha value is -1.19. The highest BCUT2D eigenvalue weighted by atomic mass is 35.7. The zero-order valence-corrected chi connectivity index (χ0v) is 7.17. The van der Waals surface area contributed by atoms with Crippen LogP contribution >= 0.6 is 10.7 Å². The molecule has 1 aromatic heterocycles. The molecule has 1 heterocycles.